The third kappa shape index (κ3) is 4.98. The molecule has 1 fully saturated rings. The summed E-state index contributed by atoms with van der Waals surface area (Å²) in [7, 11) is -3.58. The van der Waals surface area contributed by atoms with Crippen LogP contribution >= 0.6 is 23.4 Å². The summed E-state index contributed by atoms with van der Waals surface area (Å²) in [6.07, 6.45) is 2.75. The molecule has 0 unspecified atom stereocenters. The van der Waals surface area contributed by atoms with Gasteiger partial charge in [-0.25, -0.2) is 8.42 Å². The number of nitrogens with one attached hydrogen (secondary N) is 1. The fraction of sp³-hybridized carbons (Fsp3) is 0.286. The molecule has 168 valence electrons. The van der Waals surface area contributed by atoms with Gasteiger partial charge in [-0.2, -0.15) is 4.31 Å². The summed E-state index contributed by atoms with van der Waals surface area (Å²) in [6.45, 7) is 0.537. The Balaban J connectivity index is 1.35. The predicted octanol–water partition coefficient (Wildman–Crippen LogP) is 4.15. The molecule has 1 aliphatic rings. The highest BCUT2D eigenvalue weighted by atomic mass is 35.5. The second-order valence-electron chi connectivity index (χ2n) is 7.26. The first-order valence-corrected chi connectivity index (χ1v) is 13.0. The number of aromatic nitrogens is 2. The summed E-state index contributed by atoms with van der Waals surface area (Å²) in [5, 5.41) is 11.0. The van der Waals surface area contributed by atoms with E-state index in [0.717, 1.165) is 4.90 Å². The molecule has 8 nitrogen and oxygen atoms in total. The third-order valence-corrected chi connectivity index (χ3v) is 8.18. The maximum absolute atomic E-state index is 12.9. The topological polar surface area (TPSA) is 105 Å². The standard InChI is InChI=1S/C21H21ClN4O4S2/c1-31-17-6-8-18(9-7-17)32(28,29)26-12-10-14(11-13-26)19(27)23-21-25-24-20(30-21)15-2-4-16(22)5-3-15/h2-9,14H,10-13H2,1H3,(H,23,25,27). The minimum Gasteiger partial charge on any atom is -0.403 e. The molecule has 3 aromatic rings. The maximum atomic E-state index is 12.9. The van der Waals surface area contributed by atoms with Crippen LogP contribution in [0.15, 0.2) is 62.7 Å². The van der Waals surface area contributed by atoms with Gasteiger partial charge in [-0.3, -0.25) is 10.1 Å². The summed E-state index contributed by atoms with van der Waals surface area (Å²) in [5.41, 5.74) is 0.687. The highest BCUT2D eigenvalue weighted by molar-refractivity contribution is 7.98. The van der Waals surface area contributed by atoms with E-state index >= 15 is 0 Å². The Morgan fingerprint density at radius 2 is 1.75 bits per heavy atom. The zero-order valence-corrected chi connectivity index (χ0v) is 19.6. The average Bonchev–Trinajstić information content (AvgIpc) is 3.28. The Labute approximate surface area is 195 Å². The van der Waals surface area contributed by atoms with E-state index in [0.29, 0.717) is 23.4 Å². The summed E-state index contributed by atoms with van der Waals surface area (Å²) < 4.78 is 32.7. The van der Waals surface area contributed by atoms with Gasteiger partial charge in [0.25, 0.3) is 0 Å². The molecule has 0 bridgehead atoms. The van der Waals surface area contributed by atoms with Crippen molar-refractivity contribution in [3.05, 3.63) is 53.6 Å². The molecule has 2 aromatic carbocycles. The molecule has 32 heavy (non-hydrogen) atoms. The molecule has 1 saturated heterocycles. The van der Waals surface area contributed by atoms with Gasteiger partial charge >= 0.3 is 6.01 Å². The van der Waals surface area contributed by atoms with Gasteiger partial charge in [-0.1, -0.05) is 16.7 Å². The minimum absolute atomic E-state index is 0.00360. The van der Waals surface area contributed by atoms with E-state index in [9.17, 15) is 13.2 Å². The molecule has 1 amide bonds. The summed E-state index contributed by atoms with van der Waals surface area (Å²) in [6, 6.07) is 13.7. The van der Waals surface area contributed by atoms with Crippen molar-refractivity contribution < 1.29 is 17.6 Å². The molecule has 1 N–H and O–H groups in total. The number of amides is 1. The monoisotopic (exact) mass is 492 g/mol. The minimum atomic E-state index is -3.58. The first-order valence-electron chi connectivity index (χ1n) is 9.91. The fourth-order valence-electron chi connectivity index (χ4n) is 3.45. The fourth-order valence-corrected chi connectivity index (χ4v) is 5.45. The molecule has 0 saturated carbocycles. The van der Waals surface area contributed by atoms with Crippen molar-refractivity contribution in [3.8, 4) is 11.5 Å². The van der Waals surface area contributed by atoms with Gasteiger partial charge in [0.05, 0.1) is 4.90 Å². The number of thioether (sulfide) groups is 1. The van der Waals surface area contributed by atoms with Crippen molar-refractivity contribution in [1.82, 2.24) is 14.5 Å². The van der Waals surface area contributed by atoms with Crippen LogP contribution in [0, 0.1) is 5.92 Å². The van der Waals surface area contributed by atoms with Crippen LogP contribution in [0.4, 0.5) is 6.01 Å². The summed E-state index contributed by atoms with van der Waals surface area (Å²) in [5.74, 6) is -0.339. The van der Waals surface area contributed by atoms with Gasteiger partial charge in [0, 0.05) is 34.5 Å². The van der Waals surface area contributed by atoms with Gasteiger partial charge in [-0.15, -0.1) is 16.9 Å². The number of anilines is 1. The Hall–Kier alpha value is -2.40. The zero-order chi connectivity index (χ0) is 22.7. The second kappa shape index (κ2) is 9.62. The maximum Gasteiger partial charge on any atom is 0.322 e. The molecule has 0 radical (unpaired) electrons. The quantitative estimate of drug-likeness (QED) is 0.515. The normalized spacial score (nSPS) is 15.6. The summed E-state index contributed by atoms with van der Waals surface area (Å²) >= 11 is 7.43. The van der Waals surface area contributed by atoms with Crippen LogP contribution < -0.4 is 5.32 Å². The molecule has 0 aliphatic carbocycles. The van der Waals surface area contributed by atoms with Gasteiger partial charge in [0.15, 0.2) is 0 Å². The molecule has 1 aliphatic heterocycles. The molecule has 2 heterocycles. The zero-order valence-electron chi connectivity index (χ0n) is 17.2. The Bertz CT molecular complexity index is 1190. The van der Waals surface area contributed by atoms with Crippen molar-refractivity contribution in [3.63, 3.8) is 0 Å². The van der Waals surface area contributed by atoms with Gasteiger partial charge < -0.3 is 4.42 Å². The SMILES string of the molecule is CSc1ccc(S(=O)(=O)N2CCC(C(=O)Nc3nnc(-c4ccc(Cl)cc4)o3)CC2)cc1. The smallest absolute Gasteiger partial charge is 0.322 e. The molecule has 11 heteroatoms. The average molecular weight is 493 g/mol. The molecule has 0 spiro atoms. The lowest BCUT2D eigenvalue weighted by Gasteiger charge is -2.30. The van der Waals surface area contributed by atoms with E-state index in [4.69, 9.17) is 16.0 Å². The van der Waals surface area contributed by atoms with E-state index in [1.165, 1.54) is 4.31 Å². The molecule has 4 rings (SSSR count). The van der Waals surface area contributed by atoms with Crippen LogP contribution in [0.25, 0.3) is 11.5 Å². The number of sulfonamides is 1. The highest BCUT2D eigenvalue weighted by Crippen LogP contribution is 2.27. The summed E-state index contributed by atoms with van der Waals surface area (Å²) in [4.78, 5) is 13.9. The first-order chi connectivity index (χ1) is 15.4. The van der Waals surface area contributed by atoms with Gasteiger partial charge in [0.1, 0.15) is 0 Å². The highest BCUT2D eigenvalue weighted by Gasteiger charge is 2.32. The molecule has 0 atom stereocenters. The lowest BCUT2D eigenvalue weighted by Crippen LogP contribution is -2.41. The number of nitrogens with zero attached hydrogens (tertiary/aromatic N) is 3. The van der Waals surface area contributed by atoms with E-state index in [2.05, 4.69) is 15.5 Å². The Kier molecular flexibility index (Phi) is 6.85. The van der Waals surface area contributed by atoms with E-state index in [1.807, 2.05) is 6.26 Å². The van der Waals surface area contributed by atoms with Crippen molar-refractivity contribution in [2.45, 2.75) is 22.6 Å². The Morgan fingerprint density at radius 1 is 1.09 bits per heavy atom. The van der Waals surface area contributed by atoms with Crippen LogP contribution in [-0.4, -0.2) is 48.2 Å². The van der Waals surface area contributed by atoms with Crippen molar-refractivity contribution in [2.24, 2.45) is 5.92 Å². The lowest BCUT2D eigenvalue weighted by molar-refractivity contribution is -0.121. The lowest BCUT2D eigenvalue weighted by atomic mass is 9.97. The van der Waals surface area contributed by atoms with Gasteiger partial charge in [0.2, 0.25) is 21.8 Å². The number of hydrogen-bond donors (Lipinski definition) is 1. The van der Waals surface area contributed by atoms with Crippen molar-refractivity contribution >= 4 is 45.3 Å². The first kappa shape index (κ1) is 22.8. The van der Waals surface area contributed by atoms with E-state index < -0.39 is 10.0 Å². The number of piperidine rings is 1. The van der Waals surface area contributed by atoms with E-state index in [-0.39, 0.29) is 41.7 Å². The van der Waals surface area contributed by atoms with Gasteiger partial charge in [-0.05, 0) is 67.6 Å². The number of carbonyl (C=O) groups excluding carboxylic acids is 1. The Morgan fingerprint density at radius 3 is 2.38 bits per heavy atom. The van der Waals surface area contributed by atoms with Crippen LogP contribution in [0.3, 0.4) is 0 Å². The molecular weight excluding hydrogens is 472 g/mol. The second-order valence-corrected chi connectivity index (χ2v) is 10.5. The predicted molar refractivity (Wildman–Crippen MR) is 123 cm³/mol. The number of hydrogen-bond acceptors (Lipinski definition) is 7. The van der Waals surface area contributed by atoms with Crippen LogP contribution in [0.5, 0.6) is 0 Å². The van der Waals surface area contributed by atoms with Crippen molar-refractivity contribution in [1.29, 1.82) is 0 Å². The van der Waals surface area contributed by atoms with Crippen LogP contribution in [-0.2, 0) is 14.8 Å². The molecule has 1 aromatic heterocycles. The third-order valence-electron chi connectivity index (χ3n) is 5.27. The largest absolute Gasteiger partial charge is 0.403 e. The van der Waals surface area contributed by atoms with Crippen molar-refractivity contribution in [2.75, 3.05) is 24.7 Å². The molecular formula is C21H21ClN4O4S2. The number of halogens is 1. The van der Waals surface area contributed by atoms with Crippen LogP contribution in [0.1, 0.15) is 12.8 Å². The number of rotatable bonds is 6. The van der Waals surface area contributed by atoms with E-state index in [1.54, 1.807) is 60.3 Å². The number of benzene rings is 2. The number of carbonyl (C=O) groups is 1. The van der Waals surface area contributed by atoms with Crippen LogP contribution in [0.2, 0.25) is 5.02 Å².